The van der Waals surface area contributed by atoms with Gasteiger partial charge in [0, 0.05) is 29.2 Å². The lowest BCUT2D eigenvalue weighted by Gasteiger charge is -2.33. The molecule has 1 aliphatic rings. The third kappa shape index (κ3) is 4.91. The van der Waals surface area contributed by atoms with E-state index in [9.17, 15) is 4.79 Å². The van der Waals surface area contributed by atoms with Crippen LogP contribution in [0.15, 0.2) is 24.3 Å². The monoisotopic (exact) mass is 395 g/mol. The van der Waals surface area contributed by atoms with Crippen LogP contribution in [0.5, 0.6) is 0 Å². The summed E-state index contributed by atoms with van der Waals surface area (Å²) in [4.78, 5) is 14.2. The molecule has 1 atom stereocenters. The van der Waals surface area contributed by atoms with Crippen LogP contribution in [0.1, 0.15) is 6.92 Å². The normalized spacial score (nSPS) is 19.6. The van der Waals surface area contributed by atoms with Gasteiger partial charge in [-0.3, -0.25) is 9.69 Å². The maximum absolute atomic E-state index is 12.0. The summed E-state index contributed by atoms with van der Waals surface area (Å²) in [6.45, 7) is 5.46. The molecule has 1 saturated heterocycles. The summed E-state index contributed by atoms with van der Waals surface area (Å²) in [6, 6.07) is 8.24. The number of nitrogens with zero attached hydrogens (tertiary/aromatic N) is 1. The lowest BCUT2D eigenvalue weighted by molar-refractivity contribution is -0.118. The van der Waals surface area contributed by atoms with Crippen molar-refractivity contribution in [1.82, 2.24) is 10.2 Å². The number of nitrogens with one attached hydrogen (secondary N) is 2. The zero-order valence-corrected chi connectivity index (χ0v) is 13.8. The highest BCUT2D eigenvalue weighted by molar-refractivity contribution is 14.1. The minimum absolute atomic E-state index is 0. The van der Waals surface area contributed by atoms with Gasteiger partial charge >= 0.3 is 0 Å². The summed E-state index contributed by atoms with van der Waals surface area (Å²) < 4.78 is 1.07. The Morgan fingerprint density at radius 2 is 2.26 bits per heavy atom. The number of hydrogen-bond acceptors (Lipinski definition) is 3. The van der Waals surface area contributed by atoms with Crippen LogP contribution in [0.4, 0.5) is 5.69 Å². The first kappa shape index (κ1) is 16.7. The number of amides is 1. The topological polar surface area (TPSA) is 44.4 Å². The van der Waals surface area contributed by atoms with Gasteiger partial charge < -0.3 is 10.6 Å². The van der Waals surface area contributed by atoms with E-state index >= 15 is 0 Å². The number of halogens is 2. The lowest BCUT2D eigenvalue weighted by Crippen LogP contribution is -2.52. The molecule has 2 N–H and O–H groups in total. The summed E-state index contributed by atoms with van der Waals surface area (Å²) in [5.74, 6) is 0.0628. The third-order valence-electron chi connectivity index (χ3n) is 3.13. The van der Waals surface area contributed by atoms with Crippen molar-refractivity contribution in [3.05, 3.63) is 27.8 Å². The number of hydrogen-bond donors (Lipinski definition) is 2. The molecule has 4 nitrogen and oxygen atoms in total. The van der Waals surface area contributed by atoms with E-state index in [0.29, 0.717) is 12.6 Å². The van der Waals surface area contributed by atoms with Gasteiger partial charge in [-0.15, -0.1) is 12.4 Å². The third-order valence-corrected chi connectivity index (χ3v) is 4.07. The van der Waals surface area contributed by atoms with Crippen LogP contribution in [0.2, 0.25) is 0 Å². The van der Waals surface area contributed by atoms with Crippen molar-refractivity contribution in [1.29, 1.82) is 0 Å². The molecule has 0 spiro atoms. The van der Waals surface area contributed by atoms with Crippen molar-refractivity contribution in [3.63, 3.8) is 0 Å². The molecule has 1 heterocycles. The van der Waals surface area contributed by atoms with E-state index in [1.54, 1.807) is 0 Å². The largest absolute Gasteiger partial charge is 0.324 e. The lowest BCUT2D eigenvalue weighted by atomic mass is 10.2. The molecule has 19 heavy (non-hydrogen) atoms. The standard InChI is InChI=1S/C13H18IN3O.ClH/c1-10-8-15-6-7-17(10)9-13(18)16-12-5-3-2-4-11(12)14;/h2-5,10,15H,6-9H2,1H3,(H,16,18);1H/t10-;/m0./s1. The average molecular weight is 396 g/mol. The van der Waals surface area contributed by atoms with Crippen molar-refractivity contribution in [3.8, 4) is 0 Å². The first-order chi connectivity index (χ1) is 8.66. The Labute approximate surface area is 133 Å². The Hall–Kier alpha value is -0.370. The number of benzene rings is 1. The summed E-state index contributed by atoms with van der Waals surface area (Å²) in [5.41, 5.74) is 0.894. The number of carbonyl (C=O) groups is 1. The first-order valence-electron chi connectivity index (χ1n) is 6.16. The van der Waals surface area contributed by atoms with Gasteiger partial charge in [0.2, 0.25) is 5.91 Å². The van der Waals surface area contributed by atoms with E-state index in [0.717, 1.165) is 28.9 Å². The number of anilines is 1. The summed E-state index contributed by atoms with van der Waals surface area (Å²) >= 11 is 2.23. The van der Waals surface area contributed by atoms with Gasteiger partial charge in [0.15, 0.2) is 0 Å². The number of carbonyl (C=O) groups excluding carboxylic acids is 1. The SMILES string of the molecule is C[C@H]1CNCCN1CC(=O)Nc1ccccc1I.Cl. The second-order valence-electron chi connectivity index (χ2n) is 4.55. The highest BCUT2D eigenvalue weighted by Gasteiger charge is 2.20. The number of piperazine rings is 1. The van der Waals surface area contributed by atoms with Crippen LogP contribution in [-0.4, -0.2) is 43.0 Å². The van der Waals surface area contributed by atoms with E-state index in [-0.39, 0.29) is 18.3 Å². The van der Waals surface area contributed by atoms with E-state index in [2.05, 4.69) is 45.0 Å². The fourth-order valence-corrected chi connectivity index (χ4v) is 2.58. The van der Waals surface area contributed by atoms with Crippen LogP contribution in [0, 0.1) is 3.57 Å². The molecule has 106 valence electrons. The van der Waals surface area contributed by atoms with Crippen LogP contribution < -0.4 is 10.6 Å². The zero-order chi connectivity index (χ0) is 13.0. The molecule has 1 fully saturated rings. The van der Waals surface area contributed by atoms with Gasteiger partial charge in [-0.1, -0.05) is 12.1 Å². The molecule has 1 amide bonds. The average Bonchev–Trinajstić information content (AvgIpc) is 2.35. The second-order valence-corrected chi connectivity index (χ2v) is 5.71. The van der Waals surface area contributed by atoms with Crippen molar-refractivity contribution in [2.24, 2.45) is 0 Å². The molecule has 0 saturated carbocycles. The van der Waals surface area contributed by atoms with E-state index in [1.165, 1.54) is 0 Å². The summed E-state index contributed by atoms with van der Waals surface area (Å²) in [6.07, 6.45) is 0. The molecule has 1 aromatic rings. The predicted molar refractivity (Wildman–Crippen MR) is 88.9 cm³/mol. The summed E-state index contributed by atoms with van der Waals surface area (Å²) in [7, 11) is 0. The summed E-state index contributed by atoms with van der Waals surface area (Å²) in [5, 5.41) is 6.29. The van der Waals surface area contributed by atoms with Gasteiger partial charge in [-0.25, -0.2) is 0 Å². The van der Waals surface area contributed by atoms with Crippen LogP contribution in [0.25, 0.3) is 0 Å². The molecule has 0 aromatic heterocycles. The van der Waals surface area contributed by atoms with E-state index < -0.39 is 0 Å². The molecule has 6 heteroatoms. The molecule has 0 aliphatic carbocycles. The molecular weight excluding hydrogens is 377 g/mol. The number of rotatable bonds is 3. The van der Waals surface area contributed by atoms with Gasteiger partial charge in [0.25, 0.3) is 0 Å². The van der Waals surface area contributed by atoms with Gasteiger partial charge in [0.05, 0.1) is 12.2 Å². The molecule has 0 bridgehead atoms. The van der Waals surface area contributed by atoms with Crippen molar-refractivity contribution in [2.45, 2.75) is 13.0 Å². The minimum Gasteiger partial charge on any atom is -0.324 e. The first-order valence-corrected chi connectivity index (χ1v) is 7.24. The Morgan fingerprint density at radius 3 is 2.95 bits per heavy atom. The molecule has 1 aliphatic heterocycles. The maximum Gasteiger partial charge on any atom is 0.238 e. The Morgan fingerprint density at radius 1 is 1.53 bits per heavy atom. The smallest absolute Gasteiger partial charge is 0.238 e. The molecule has 0 radical (unpaired) electrons. The molecule has 1 aromatic carbocycles. The van der Waals surface area contributed by atoms with E-state index in [4.69, 9.17) is 0 Å². The van der Waals surface area contributed by atoms with Gasteiger partial charge in [0.1, 0.15) is 0 Å². The van der Waals surface area contributed by atoms with Crippen LogP contribution >= 0.6 is 35.0 Å². The fourth-order valence-electron chi connectivity index (χ4n) is 2.05. The molecule has 2 rings (SSSR count). The van der Waals surface area contributed by atoms with Gasteiger partial charge in [-0.2, -0.15) is 0 Å². The highest BCUT2D eigenvalue weighted by Crippen LogP contribution is 2.16. The molecular formula is C13H19ClIN3O. The Balaban J connectivity index is 0.00000180. The van der Waals surface area contributed by atoms with Crippen molar-refractivity contribution < 1.29 is 4.79 Å². The maximum atomic E-state index is 12.0. The number of para-hydroxylation sites is 1. The predicted octanol–water partition coefficient (Wildman–Crippen LogP) is 1.95. The molecule has 0 unspecified atom stereocenters. The van der Waals surface area contributed by atoms with Crippen LogP contribution in [-0.2, 0) is 4.79 Å². The Bertz CT molecular complexity index is 430. The quantitative estimate of drug-likeness (QED) is 0.769. The fraction of sp³-hybridized carbons (Fsp3) is 0.462. The second kappa shape index (κ2) is 8.04. The van der Waals surface area contributed by atoms with Crippen molar-refractivity contribution >= 4 is 46.6 Å². The van der Waals surface area contributed by atoms with Gasteiger partial charge in [-0.05, 0) is 41.6 Å². The zero-order valence-electron chi connectivity index (χ0n) is 10.9. The van der Waals surface area contributed by atoms with Crippen LogP contribution in [0.3, 0.4) is 0 Å². The highest BCUT2D eigenvalue weighted by atomic mass is 127. The minimum atomic E-state index is 0. The Kier molecular flexibility index (Phi) is 7.06. The van der Waals surface area contributed by atoms with E-state index in [1.807, 2.05) is 24.3 Å². The van der Waals surface area contributed by atoms with Crippen molar-refractivity contribution in [2.75, 3.05) is 31.5 Å².